The zero-order valence-corrected chi connectivity index (χ0v) is 10.1. The van der Waals surface area contributed by atoms with Gasteiger partial charge in [-0.3, -0.25) is 19.4 Å². The molecule has 2 aromatic carbocycles. The zero-order valence-electron chi connectivity index (χ0n) is 9.27. The van der Waals surface area contributed by atoms with Crippen LogP contribution in [0.3, 0.4) is 0 Å². The van der Waals surface area contributed by atoms with Crippen molar-refractivity contribution < 1.29 is 23.0 Å². The smallest absolute Gasteiger partial charge is 0.357 e. The molecule has 3 N–H and O–H groups in total. The number of non-ortho nitro benzene ring substituents is 1. The van der Waals surface area contributed by atoms with Gasteiger partial charge in [0, 0.05) is 23.6 Å². The fraction of sp³-hybridized carbons (Fsp3) is 0. The van der Waals surface area contributed by atoms with Crippen LogP contribution in [-0.4, -0.2) is 23.0 Å². The number of nitro benzene ring substituents is 1. The predicted molar refractivity (Wildman–Crippen MR) is 67.4 cm³/mol. The van der Waals surface area contributed by atoms with Crippen molar-refractivity contribution in [3.8, 4) is 5.75 Å². The highest BCUT2D eigenvalue weighted by molar-refractivity contribution is 7.87. The van der Waals surface area contributed by atoms with Crippen molar-refractivity contribution in [1.29, 1.82) is 0 Å². The van der Waals surface area contributed by atoms with Gasteiger partial charge in [-0.2, -0.15) is 8.42 Å². The van der Waals surface area contributed by atoms with Gasteiger partial charge in [0.2, 0.25) is 0 Å². The Morgan fingerprint density at radius 1 is 1.21 bits per heavy atom. The Bertz CT molecular complexity index is 771. The van der Waals surface area contributed by atoms with Crippen LogP contribution >= 0.6 is 0 Å². The Hall–Kier alpha value is -2.39. The molecular formula is C10H8N2O6S. The number of hydrogen-bond acceptors (Lipinski definition) is 5. The molecule has 0 heterocycles. The van der Waals surface area contributed by atoms with Crippen LogP contribution in [0.5, 0.6) is 5.75 Å². The van der Waals surface area contributed by atoms with E-state index in [1.54, 1.807) is 4.72 Å². The van der Waals surface area contributed by atoms with Gasteiger partial charge in [0.1, 0.15) is 5.75 Å². The van der Waals surface area contributed by atoms with Gasteiger partial charge in [-0.05, 0) is 17.5 Å². The summed E-state index contributed by atoms with van der Waals surface area (Å²) in [6, 6.07) is 6.08. The fourth-order valence-electron chi connectivity index (χ4n) is 1.67. The first-order valence-electron chi connectivity index (χ1n) is 4.93. The Morgan fingerprint density at radius 3 is 2.47 bits per heavy atom. The summed E-state index contributed by atoms with van der Waals surface area (Å²) in [4.78, 5) is 10.0. The lowest BCUT2D eigenvalue weighted by Crippen LogP contribution is -2.10. The van der Waals surface area contributed by atoms with Crippen molar-refractivity contribution in [3.63, 3.8) is 0 Å². The maximum Gasteiger partial charge on any atom is 0.357 e. The minimum Gasteiger partial charge on any atom is -0.508 e. The Morgan fingerprint density at radius 2 is 1.89 bits per heavy atom. The summed E-state index contributed by atoms with van der Waals surface area (Å²) >= 11 is 0. The van der Waals surface area contributed by atoms with E-state index >= 15 is 0 Å². The SMILES string of the molecule is O=[N+]([O-])c1ccc2cc(O)cc(NS(=O)(=O)O)c2c1. The van der Waals surface area contributed by atoms with E-state index in [9.17, 15) is 23.6 Å². The molecule has 0 amide bonds. The van der Waals surface area contributed by atoms with Crippen molar-refractivity contribution in [2.75, 3.05) is 4.72 Å². The van der Waals surface area contributed by atoms with Gasteiger partial charge in [0.15, 0.2) is 0 Å². The molecule has 2 rings (SSSR count). The number of fused-ring (bicyclic) bond motifs is 1. The molecule has 9 heteroatoms. The second-order valence-corrected chi connectivity index (χ2v) is 4.89. The first kappa shape index (κ1) is 13.1. The summed E-state index contributed by atoms with van der Waals surface area (Å²) in [5, 5.41) is 20.7. The molecule has 0 spiro atoms. The van der Waals surface area contributed by atoms with Gasteiger partial charge in [-0.1, -0.05) is 0 Å². The summed E-state index contributed by atoms with van der Waals surface area (Å²) < 4.78 is 32.1. The Labute approximate surface area is 107 Å². The summed E-state index contributed by atoms with van der Waals surface area (Å²) in [6.45, 7) is 0. The summed E-state index contributed by atoms with van der Waals surface area (Å²) in [5.41, 5.74) is -0.391. The average Bonchev–Trinajstić information content (AvgIpc) is 2.25. The molecule has 0 radical (unpaired) electrons. The van der Waals surface area contributed by atoms with Crippen LogP contribution in [0.15, 0.2) is 30.3 Å². The van der Waals surface area contributed by atoms with Gasteiger partial charge >= 0.3 is 10.3 Å². The predicted octanol–water partition coefficient (Wildman–Crippen LogP) is 1.67. The molecular weight excluding hydrogens is 276 g/mol. The van der Waals surface area contributed by atoms with Crippen LogP contribution in [0.25, 0.3) is 10.8 Å². The van der Waals surface area contributed by atoms with E-state index in [0.29, 0.717) is 5.39 Å². The lowest BCUT2D eigenvalue weighted by atomic mass is 10.1. The molecule has 0 aromatic heterocycles. The van der Waals surface area contributed by atoms with E-state index in [2.05, 4.69) is 0 Å². The molecule has 8 nitrogen and oxygen atoms in total. The van der Waals surface area contributed by atoms with Crippen molar-refractivity contribution in [2.45, 2.75) is 0 Å². The van der Waals surface area contributed by atoms with Crippen molar-refractivity contribution >= 4 is 32.5 Å². The average molecular weight is 284 g/mol. The van der Waals surface area contributed by atoms with E-state index in [1.165, 1.54) is 18.2 Å². The molecule has 2 aromatic rings. The molecule has 0 aliphatic carbocycles. The second kappa shape index (κ2) is 4.37. The second-order valence-electron chi connectivity index (χ2n) is 3.73. The van der Waals surface area contributed by atoms with E-state index in [-0.39, 0.29) is 22.5 Å². The first-order chi connectivity index (χ1) is 8.76. The minimum absolute atomic E-state index is 0.152. The van der Waals surface area contributed by atoms with Crippen LogP contribution in [0.2, 0.25) is 0 Å². The molecule has 0 fully saturated rings. The molecule has 0 bridgehead atoms. The van der Waals surface area contributed by atoms with Gasteiger partial charge < -0.3 is 5.11 Å². The van der Waals surface area contributed by atoms with E-state index < -0.39 is 15.2 Å². The third-order valence-corrected chi connectivity index (χ3v) is 2.85. The molecule has 0 unspecified atom stereocenters. The van der Waals surface area contributed by atoms with Gasteiger partial charge in [0.25, 0.3) is 5.69 Å². The van der Waals surface area contributed by atoms with Crippen LogP contribution in [0, 0.1) is 10.1 Å². The van der Waals surface area contributed by atoms with Gasteiger partial charge in [-0.25, -0.2) is 0 Å². The number of rotatable bonds is 3. The minimum atomic E-state index is -4.55. The maximum atomic E-state index is 10.8. The Balaban J connectivity index is 2.72. The number of phenols is 1. The van der Waals surface area contributed by atoms with Crippen LogP contribution in [0.1, 0.15) is 0 Å². The quantitative estimate of drug-likeness (QED) is 0.446. The highest BCUT2D eigenvalue weighted by Gasteiger charge is 2.13. The van der Waals surface area contributed by atoms with Gasteiger partial charge in [0.05, 0.1) is 10.6 Å². The lowest BCUT2D eigenvalue weighted by molar-refractivity contribution is -0.384. The van der Waals surface area contributed by atoms with Crippen molar-refractivity contribution in [3.05, 3.63) is 40.4 Å². The molecule has 0 atom stereocenters. The number of nitrogens with zero attached hydrogens (tertiary/aromatic N) is 1. The number of aromatic hydroxyl groups is 1. The monoisotopic (exact) mass is 284 g/mol. The molecule has 0 aliphatic rings. The highest BCUT2D eigenvalue weighted by Crippen LogP contribution is 2.31. The summed E-state index contributed by atoms with van der Waals surface area (Å²) in [5.74, 6) is -0.243. The van der Waals surface area contributed by atoms with E-state index in [1.807, 2.05) is 0 Å². The number of hydrogen-bond donors (Lipinski definition) is 3. The largest absolute Gasteiger partial charge is 0.508 e. The summed E-state index contributed by atoms with van der Waals surface area (Å²) in [6.07, 6.45) is 0. The van der Waals surface area contributed by atoms with Crippen molar-refractivity contribution in [2.24, 2.45) is 0 Å². The molecule has 0 saturated heterocycles. The van der Waals surface area contributed by atoms with E-state index in [0.717, 1.165) is 12.1 Å². The zero-order chi connectivity index (χ0) is 14.2. The standard InChI is InChI=1S/C10H8N2O6S/c13-8-3-6-1-2-7(12(14)15)4-9(6)10(5-8)11-19(16,17)18/h1-5,11,13H,(H,16,17,18). The molecule has 100 valence electrons. The number of nitro groups is 1. The third kappa shape index (κ3) is 2.89. The van der Waals surface area contributed by atoms with E-state index in [4.69, 9.17) is 4.55 Å². The molecule has 19 heavy (non-hydrogen) atoms. The fourth-order valence-corrected chi connectivity index (χ4v) is 2.11. The maximum absolute atomic E-state index is 10.8. The first-order valence-corrected chi connectivity index (χ1v) is 6.37. The number of anilines is 1. The Kier molecular flexibility index (Phi) is 3.00. The molecule has 0 aliphatic heterocycles. The molecule has 0 saturated carbocycles. The normalized spacial score (nSPS) is 11.4. The number of nitrogens with one attached hydrogen (secondary N) is 1. The summed E-state index contributed by atoms with van der Waals surface area (Å²) in [7, 11) is -4.55. The lowest BCUT2D eigenvalue weighted by Gasteiger charge is -2.08. The number of benzene rings is 2. The van der Waals surface area contributed by atoms with Gasteiger partial charge in [-0.15, -0.1) is 0 Å². The number of phenolic OH excluding ortho intramolecular Hbond substituents is 1. The van der Waals surface area contributed by atoms with Crippen LogP contribution in [0.4, 0.5) is 11.4 Å². The topological polar surface area (TPSA) is 130 Å². The van der Waals surface area contributed by atoms with Crippen molar-refractivity contribution in [1.82, 2.24) is 0 Å². The van der Waals surface area contributed by atoms with Crippen LogP contribution < -0.4 is 4.72 Å². The van der Waals surface area contributed by atoms with Crippen LogP contribution in [-0.2, 0) is 10.3 Å². The third-order valence-electron chi connectivity index (χ3n) is 2.37. The highest BCUT2D eigenvalue weighted by atomic mass is 32.2.